The van der Waals surface area contributed by atoms with Crippen LogP contribution in [0.15, 0.2) is 18.2 Å². The number of carboxylic acid groups (broad SMARTS) is 1. The fraction of sp³-hybridized carbons (Fsp3) is 0.467. The summed E-state index contributed by atoms with van der Waals surface area (Å²) in [5, 5.41) is 8.79. The first-order chi connectivity index (χ1) is 9.00. The Morgan fingerprint density at radius 3 is 2.32 bits per heavy atom. The molecule has 1 fully saturated rings. The molecule has 1 N–H and O–H groups in total. The lowest BCUT2D eigenvalue weighted by molar-refractivity contribution is -0.137. The molecule has 0 aromatic heterocycles. The molecule has 1 aromatic rings. The summed E-state index contributed by atoms with van der Waals surface area (Å²) in [6, 6.07) is 6.00. The molecule has 0 heterocycles. The Labute approximate surface area is 113 Å². The molecule has 1 aliphatic rings. The van der Waals surface area contributed by atoms with Crippen molar-refractivity contribution in [2.24, 2.45) is 0 Å². The van der Waals surface area contributed by atoms with Crippen molar-refractivity contribution < 1.29 is 14.7 Å². The Kier molecular flexibility index (Phi) is 3.88. The molecule has 0 unspecified atom stereocenters. The first-order valence-electron chi connectivity index (χ1n) is 6.59. The fourth-order valence-electron chi connectivity index (χ4n) is 2.35. The highest BCUT2D eigenvalue weighted by atomic mass is 16.4. The number of hydrogen-bond donors (Lipinski definition) is 1. The van der Waals surface area contributed by atoms with Gasteiger partial charge in [-0.05, 0) is 37.8 Å². The van der Waals surface area contributed by atoms with Crippen LogP contribution in [-0.4, -0.2) is 34.5 Å². The second kappa shape index (κ2) is 5.43. The van der Waals surface area contributed by atoms with E-state index >= 15 is 0 Å². The number of nitrogens with zero attached hydrogens (tertiary/aromatic N) is 1. The second-order valence-corrected chi connectivity index (χ2v) is 5.14. The molecular formula is C15H19NO3. The quantitative estimate of drug-likeness (QED) is 0.885. The van der Waals surface area contributed by atoms with Crippen molar-refractivity contribution in [3.05, 3.63) is 34.9 Å². The van der Waals surface area contributed by atoms with Crippen LogP contribution in [0.4, 0.5) is 0 Å². The predicted octanol–water partition coefficient (Wildman–Crippen LogP) is 2.38. The van der Waals surface area contributed by atoms with Gasteiger partial charge in [-0.25, -0.2) is 0 Å². The van der Waals surface area contributed by atoms with Gasteiger partial charge in [-0.3, -0.25) is 9.59 Å². The average Bonchev–Trinajstić information content (AvgIpc) is 3.13. The van der Waals surface area contributed by atoms with E-state index in [9.17, 15) is 9.59 Å². The van der Waals surface area contributed by atoms with E-state index < -0.39 is 5.97 Å². The molecule has 0 atom stereocenters. The SMILES string of the molecule is Cc1cccc(C)c1C(=O)N(CCC(=O)O)C1CC1. The molecule has 19 heavy (non-hydrogen) atoms. The van der Waals surface area contributed by atoms with E-state index in [1.807, 2.05) is 32.0 Å². The lowest BCUT2D eigenvalue weighted by atomic mass is 10.0. The number of benzene rings is 1. The van der Waals surface area contributed by atoms with Gasteiger partial charge in [-0.15, -0.1) is 0 Å². The van der Waals surface area contributed by atoms with Crippen LogP contribution < -0.4 is 0 Å². The Balaban J connectivity index is 2.21. The van der Waals surface area contributed by atoms with Gasteiger partial charge in [0.15, 0.2) is 0 Å². The van der Waals surface area contributed by atoms with Crippen molar-refractivity contribution in [1.82, 2.24) is 4.90 Å². The van der Waals surface area contributed by atoms with Crippen LogP contribution in [-0.2, 0) is 4.79 Å². The van der Waals surface area contributed by atoms with Crippen molar-refractivity contribution in [1.29, 1.82) is 0 Å². The van der Waals surface area contributed by atoms with Crippen molar-refractivity contribution in [3.63, 3.8) is 0 Å². The van der Waals surface area contributed by atoms with E-state index in [0.29, 0.717) is 6.54 Å². The first kappa shape index (κ1) is 13.6. The molecule has 4 heteroatoms. The summed E-state index contributed by atoms with van der Waals surface area (Å²) < 4.78 is 0. The lowest BCUT2D eigenvalue weighted by Gasteiger charge is -2.23. The van der Waals surface area contributed by atoms with Gasteiger partial charge >= 0.3 is 5.97 Å². The molecule has 2 rings (SSSR count). The third-order valence-corrected chi connectivity index (χ3v) is 3.51. The Hall–Kier alpha value is -1.84. The van der Waals surface area contributed by atoms with Gasteiger partial charge < -0.3 is 10.0 Å². The third-order valence-electron chi connectivity index (χ3n) is 3.51. The van der Waals surface area contributed by atoms with Crippen molar-refractivity contribution >= 4 is 11.9 Å². The van der Waals surface area contributed by atoms with E-state index in [-0.39, 0.29) is 18.4 Å². The van der Waals surface area contributed by atoms with E-state index in [1.54, 1.807) is 4.90 Å². The van der Waals surface area contributed by atoms with Gasteiger partial charge in [-0.1, -0.05) is 18.2 Å². The molecule has 0 saturated heterocycles. The monoisotopic (exact) mass is 261 g/mol. The highest BCUT2D eigenvalue weighted by Crippen LogP contribution is 2.29. The Bertz CT molecular complexity index is 486. The van der Waals surface area contributed by atoms with Crippen molar-refractivity contribution in [2.75, 3.05) is 6.54 Å². The maximum absolute atomic E-state index is 12.6. The summed E-state index contributed by atoms with van der Waals surface area (Å²) in [5.41, 5.74) is 2.62. The maximum Gasteiger partial charge on any atom is 0.305 e. The number of aryl methyl sites for hydroxylation is 2. The van der Waals surface area contributed by atoms with Crippen LogP contribution in [0.5, 0.6) is 0 Å². The minimum Gasteiger partial charge on any atom is -0.481 e. The summed E-state index contributed by atoms with van der Waals surface area (Å²) in [6.07, 6.45) is 1.97. The number of carbonyl (C=O) groups is 2. The van der Waals surface area contributed by atoms with Gasteiger partial charge in [0.2, 0.25) is 0 Å². The molecule has 1 aliphatic carbocycles. The molecule has 4 nitrogen and oxygen atoms in total. The third kappa shape index (κ3) is 3.13. The molecule has 0 spiro atoms. The second-order valence-electron chi connectivity index (χ2n) is 5.14. The topological polar surface area (TPSA) is 57.6 Å². The average molecular weight is 261 g/mol. The van der Waals surface area contributed by atoms with E-state index in [2.05, 4.69) is 0 Å². The summed E-state index contributed by atoms with van der Waals surface area (Å²) >= 11 is 0. The van der Waals surface area contributed by atoms with Gasteiger partial charge in [0.1, 0.15) is 0 Å². The van der Waals surface area contributed by atoms with Gasteiger partial charge in [0.05, 0.1) is 6.42 Å². The molecule has 1 amide bonds. The van der Waals surface area contributed by atoms with E-state index in [4.69, 9.17) is 5.11 Å². The summed E-state index contributed by atoms with van der Waals surface area (Å²) in [5.74, 6) is -0.890. The van der Waals surface area contributed by atoms with Gasteiger partial charge in [-0.2, -0.15) is 0 Å². The van der Waals surface area contributed by atoms with Crippen molar-refractivity contribution in [2.45, 2.75) is 39.2 Å². The number of carbonyl (C=O) groups excluding carboxylic acids is 1. The van der Waals surface area contributed by atoms with Gasteiger partial charge in [0.25, 0.3) is 5.91 Å². The zero-order valence-corrected chi connectivity index (χ0v) is 11.3. The van der Waals surface area contributed by atoms with Crippen LogP contribution in [0.25, 0.3) is 0 Å². The summed E-state index contributed by atoms with van der Waals surface area (Å²) in [6.45, 7) is 4.14. The molecule has 1 aromatic carbocycles. The first-order valence-corrected chi connectivity index (χ1v) is 6.59. The summed E-state index contributed by atoms with van der Waals surface area (Å²) in [7, 11) is 0. The van der Waals surface area contributed by atoms with Crippen LogP contribution in [0.1, 0.15) is 40.7 Å². The van der Waals surface area contributed by atoms with Crippen LogP contribution in [0.2, 0.25) is 0 Å². The summed E-state index contributed by atoms with van der Waals surface area (Å²) in [4.78, 5) is 25.0. The molecule has 0 bridgehead atoms. The molecule has 102 valence electrons. The maximum atomic E-state index is 12.6. The molecule has 0 radical (unpaired) electrons. The van der Waals surface area contributed by atoms with Gasteiger partial charge in [0, 0.05) is 18.2 Å². The molecule has 1 saturated carbocycles. The zero-order valence-electron chi connectivity index (χ0n) is 11.3. The minimum atomic E-state index is -0.861. The smallest absolute Gasteiger partial charge is 0.305 e. The number of aliphatic carboxylic acids is 1. The highest BCUT2D eigenvalue weighted by molar-refractivity contribution is 5.97. The Morgan fingerprint density at radius 1 is 1.26 bits per heavy atom. The highest BCUT2D eigenvalue weighted by Gasteiger charge is 2.34. The van der Waals surface area contributed by atoms with E-state index in [0.717, 1.165) is 29.5 Å². The number of amides is 1. The minimum absolute atomic E-state index is 0.00711. The predicted molar refractivity (Wildman–Crippen MR) is 72.2 cm³/mol. The number of carboxylic acids is 1. The normalized spacial score (nSPS) is 14.2. The zero-order chi connectivity index (χ0) is 14.0. The number of rotatable bonds is 5. The van der Waals surface area contributed by atoms with E-state index in [1.165, 1.54) is 0 Å². The van der Waals surface area contributed by atoms with Crippen molar-refractivity contribution in [3.8, 4) is 0 Å². The molecule has 0 aliphatic heterocycles. The largest absolute Gasteiger partial charge is 0.481 e. The molecular weight excluding hydrogens is 242 g/mol. The van der Waals surface area contributed by atoms with Crippen LogP contribution in [0, 0.1) is 13.8 Å². The van der Waals surface area contributed by atoms with Crippen LogP contribution in [0.3, 0.4) is 0 Å². The Morgan fingerprint density at radius 2 is 1.84 bits per heavy atom. The fourth-order valence-corrected chi connectivity index (χ4v) is 2.35. The lowest BCUT2D eigenvalue weighted by Crippen LogP contribution is -2.35. The standard InChI is InChI=1S/C15H19NO3/c1-10-4-3-5-11(2)14(10)15(19)16(12-6-7-12)9-8-13(17)18/h3-5,12H,6-9H2,1-2H3,(H,17,18). The van der Waals surface area contributed by atoms with Crippen LogP contribution >= 0.6 is 0 Å². The number of hydrogen-bond acceptors (Lipinski definition) is 2.